The molecule has 0 unspecified atom stereocenters. The van der Waals surface area contributed by atoms with E-state index < -0.39 is 0 Å². The lowest BCUT2D eigenvalue weighted by Crippen LogP contribution is -2.03. The number of ether oxygens (including phenoxy) is 1. The first-order chi connectivity index (χ1) is 10.3. The van der Waals surface area contributed by atoms with E-state index in [1.807, 2.05) is 29.8 Å². The fourth-order valence-electron chi connectivity index (χ4n) is 2.42. The fraction of sp³-hybridized carbons (Fsp3) is 0.167. The van der Waals surface area contributed by atoms with Crippen LogP contribution in [0.2, 0.25) is 0 Å². The first-order valence-corrected chi connectivity index (χ1v) is 6.99. The van der Waals surface area contributed by atoms with Gasteiger partial charge in [-0.3, -0.25) is 4.68 Å². The molecule has 1 heterocycles. The fourth-order valence-corrected chi connectivity index (χ4v) is 2.42. The number of hydrogen-bond acceptors (Lipinski definition) is 2. The van der Waals surface area contributed by atoms with Crippen molar-refractivity contribution in [1.82, 2.24) is 9.78 Å². The van der Waals surface area contributed by atoms with Crippen LogP contribution in [0.3, 0.4) is 0 Å². The molecular weight excluding hydrogens is 260 g/mol. The van der Waals surface area contributed by atoms with E-state index in [1.54, 1.807) is 7.11 Å². The van der Waals surface area contributed by atoms with Crippen LogP contribution in [0.25, 0.3) is 11.3 Å². The monoisotopic (exact) mass is 278 g/mol. The van der Waals surface area contributed by atoms with E-state index in [-0.39, 0.29) is 0 Å². The van der Waals surface area contributed by atoms with E-state index in [0.717, 1.165) is 29.2 Å². The van der Waals surface area contributed by atoms with Gasteiger partial charge in [0, 0.05) is 5.56 Å². The lowest BCUT2D eigenvalue weighted by atomic mass is 10.1. The molecular formula is C18H18N2O. The molecule has 0 spiro atoms. The molecule has 0 saturated heterocycles. The molecule has 0 radical (unpaired) electrons. The molecule has 0 aliphatic heterocycles. The van der Waals surface area contributed by atoms with Crippen molar-refractivity contribution >= 4 is 0 Å². The maximum atomic E-state index is 5.21. The predicted molar refractivity (Wildman–Crippen MR) is 84.5 cm³/mol. The Morgan fingerprint density at radius 1 is 1.00 bits per heavy atom. The zero-order valence-corrected chi connectivity index (χ0v) is 12.3. The zero-order chi connectivity index (χ0) is 14.7. The summed E-state index contributed by atoms with van der Waals surface area (Å²) in [6, 6.07) is 20.6. The van der Waals surface area contributed by atoms with Crippen LogP contribution >= 0.6 is 0 Å². The van der Waals surface area contributed by atoms with E-state index in [1.165, 1.54) is 5.56 Å². The molecule has 3 aromatic rings. The van der Waals surface area contributed by atoms with Crippen LogP contribution in [0, 0.1) is 6.92 Å². The number of aryl methyl sites for hydroxylation is 1. The predicted octanol–water partition coefficient (Wildman–Crippen LogP) is 3.92. The smallest absolute Gasteiger partial charge is 0.118 e. The first kappa shape index (κ1) is 13.4. The van der Waals surface area contributed by atoms with E-state index in [0.29, 0.717) is 0 Å². The van der Waals surface area contributed by atoms with Crippen molar-refractivity contribution in [3.8, 4) is 17.0 Å². The number of nitrogens with zero attached hydrogens (tertiary/aromatic N) is 2. The van der Waals surface area contributed by atoms with Crippen molar-refractivity contribution in [2.75, 3.05) is 7.11 Å². The molecule has 106 valence electrons. The van der Waals surface area contributed by atoms with Gasteiger partial charge in [0.2, 0.25) is 0 Å². The maximum absolute atomic E-state index is 5.21. The number of hydrogen-bond donors (Lipinski definition) is 0. The molecule has 1 aromatic heterocycles. The molecule has 0 amide bonds. The molecule has 0 fully saturated rings. The zero-order valence-electron chi connectivity index (χ0n) is 12.3. The summed E-state index contributed by atoms with van der Waals surface area (Å²) < 4.78 is 7.26. The SMILES string of the molecule is COc1ccc(-c2cc(C)nn2Cc2ccccc2)cc1. The highest BCUT2D eigenvalue weighted by atomic mass is 16.5. The average molecular weight is 278 g/mol. The van der Waals surface area contributed by atoms with Gasteiger partial charge in [0.1, 0.15) is 5.75 Å². The Morgan fingerprint density at radius 2 is 1.71 bits per heavy atom. The summed E-state index contributed by atoms with van der Waals surface area (Å²) in [6.45, 7) is 2.80. The third-order valence-electron chi connectivity index (χ3n) is 3.46. The Morgan fingerprint density at radius 3 is 2.38 bits per heavy atom. The van der Waals surface area contributed by atoms with Crippen LogP contribution in [-0.2, 0) is 6.54 Å². The first-order valence-electron chi connectivity index (χ1n) is 6.99. The van der Waals surface area contributed by atoms with Gasteiger partial charge in [-0.25, -0.2) is 0 Å². The number of benzene rings is 2. The Bertz CT molecular complexity index is 715. The van der Waals surface area contributed by atoms with Crippen LogP contribution < -0.4 is 4.74 Å². The second kappa shape index (κ2) is 5.83. The van der Waals surface area contributed by atoms with Crippen molar-refractivity contribution in [1.29, 1.82) is 0 Å². The van der Waals surface area contributed by atoms with Gasteiger partial charge in [-0.05, 0) is 42.8 Å². The van der Waals surface area contributed by atoms with Crippen LogP contribution in [0.4, 0.5) is 0 Å². The number of aromatic nitrogens is 2. The lowest BCUT2D eigenvalue weighted by molar-refractivity contribution is 0.415. The van der Waals surface area contributed by atoms with Crippen molar-refractivity contribution in [2.45, 2.75) is 13.5 Å². The lowest BCUT2D eigenvalue weighted by Gasteiger charge is -2.08. The molecule has 21 heavy (non-hydrogen) atoms. The maximum Gasteiger partial charge on any atom is 0.118 e. The van der Waals surface area contributed by atoms with Crippen LogP contribution in [0.5, 0.6) is 5.75 Å². The molecule has 0 atom stereocenters. The Labute approximate surface area is 124 Å². The Hall–Kier alpha value is -2.55. The minimum atomic E-state index is 0.774. The summed E-state index contributed by atoms with van der Waals surface area (Å²) in [6.07, 6.45) is 0. The van der Waals surface area contributed by atoms with E-state index in [2.05, 4.69) is 47.6 Å². The van der Waals surface area contributed by atoms with Crippen LogP contribution in [-0.4, -0.2) is 16.9 Å². The van der Waals surface area contributed by atoms with E-state index in [4.69, 9.17) is 4.74 Å². The highest BCUT2D eigenvalue weighted by Crippen LogP contribution is 2.24. The van der Waals surface area contributed by atoms with Crippen LogP contribution in [0.15, 0.2) is 60.7 Å². The molecule has 0 bridgehead atoms. The summed E-state index contributed by atoms with van der Waals surface area (Å²) in [5.74, 6) is 0.865. The van der Waals surface area contributed by atoms with Gasteiger partial charge in [0.05, 0.1) is 25.0 Å². The molecule has 2 aromatic carbocycles. The minimum Gasteiger partial charge on any atom is -0.497 e. The van der Waals surface area contributed by atoms with Gasteiger partial charge in [-0.2, -0.15) is 5.10 Å². The third kappa shape index (κ3) is 2.97. The van der Waals surface area contributed by atoms with Gasteiger partial charge in [-0.15, -0.1) is 0 Å². The third-order valence-corrected chi connectivity index (χ3v) is 3.46. The normalized spacial score (nSPS) is 10.6. The molecule has 0 saturated carbocycles. The van der Waals surface area contributed by atoms with Crippen molar-refractivity contribution in [3.05, 3.63) is 71.9 Å². The van der Waals surface area contributed by atoms with Gasteiger partial charge in [0.15, 0.2) is 0 Å². The number of methoxy groups -OCH3 is 1. The molecule has 0 aliphatic rings. The summed E-state index contributed by atoms with van der Waals surface area (Å²) in [5, 5.41) is 4.61. The van der Waals surface area contributed by atoms with Gasteiger partial charge >= 0.3 is 0 Å². The molecule has 0 N–H and O–H groups in total. The van der Waals surface area contributed by atoms with Gasteiger partial charge in [-0.1, -0.05) is 30.3 Å². The second-order valence-electron chi connectivity index (χ2n) is 5.04. The summed E-state index contributed by atoms with van der Waals surface area (Å²) in [5.41, 5.74) is 4.54. The second-order valence-corrected chi connectivity index (χ2v) is 5.04. The summed E-state index contributed by atoms with van der Waals surface area (Å²) >= 11 is 0. The molecule has 0 aliphatic carbocycles. The Balaban J connectivity index is 1.95. The van der Waals surface area contributed by atoms with Crippen molar-refractivity contribution in [2.24, 2.45) is 0 Å². The molecule has 3 nitrogen and oxygen atoms in total. The van der Waals surface area contributed by atoms with Crippen molar-refractivity contribution in [3.63, 3.8) is 0 Å². The largest absolute Gasteiger partial charge is 0.497 e. The van der Waals surface area contributed by atoms with E-state index >= 15 is 0 Å². The summed E-state index contributed by atoms with van der Waals surface area (Å²) in [4.78, 5) is 0. The van der Waals surface area contributed by atoms with Crippen LogP contribution in [0.1, 0.15) is 11.3 Å². The van der Waals surface area contributed by atoms with Gasteiger partial charge < -0.3 is 4.74 Å². The minimum absolute atomic E-state index is 0.774. The standard InChI is InChI=1S/C18H18N2O/c1-14-12-18(16-8-10-17(21-2)11-9-16)20(19-14)13-15-6-4-3-5-7-15/h3-12H,13H2,1-2H3. The average Bonchev–Trinajstić information content (AvgIpc) is 2.89. The van der Waals surface area contributed by atoms with Gasteiger partial charge in [0.25, 0.3) is 0 Å². The molecule has 3 rings (SSSR count). The Kier molecular flexibility index (Phi) is 3.73. The molecule has 3 heteroatoms. The van der Waals surface area contributed by atoms with Crippen molar-refractivity contribution < 1.29 is 4.74 Å². The highest BCUT2D eigenvalue weighted by molar-refractivity contribution is 5.61. The van der Waals surface area contributed by atoms with E-state index in [9.17, 15) is 0 Å². The summed E-state index contributed by atoms with van der Waals surface area (Å²) in [7, 11) is 1.68. The topological polar surface area (TPSA) is 27.1 Å². The highest BCUT2D eigenvalue weighted by Gasteiger charge is 2.08. The quantitative estimate of drug-likeness (QED) is 0.723. The number of rotatable bonds is 4.